The number of nitrogens with zero attached hydrogens (tertiary/aromatic N) is 4. The van der Waals surface area contributed by atoms with Gasteiger partial charge in [0.2, 0.25) is 11.9 Å². The maximum absolute atomic E-state index is 11.9. The summed E-state index contributed by atoms with van der Waals surface area (Å²) < 4.78 is 0. The zero-order valence-electron chi connectivity index (χ0n) is 18.4. The summed E-state index contributed by atoms with van der Waals surface area (Å²) in [5.41, 5.74) is 3.27. The molecule has 1 aliphatic rings. The normalized spacial score (nSPS) is 14.0. The molecule has 0 aliphatic carbocycles. The lowest BCUT2D eigenvalue weighted by Gasteiger charge is -2.35. The summed E-state index contributed by atoms with van der Waals surface area (Å²) in [7, 11) is 2.11. The van der Waals surface area contributed by atoms with Gasteiger partial charge in [0.25, 0.3) is 5.56 Å². The molecule has 0 unspecified atom stereocenters. The van der Waals surface area contributed by atoms with E-state index in [-0.39, 0.29) is 11.5 Å². The quantitative estimate of drug-likeness (QED) is 0.392. The number of carbonyl (C=O) groups is 1. The van der Waals surface area contributed by atoms with Gasteiger partial charge in [-0.2, -0.15) is 4.98 Å². The van der Waals surface area contributed by atoms with Crippen LogP contribution in [0.1, 0.15) is 11.1 Å². The summed E-state index contributed by atoms with van der Waals surface area (Å²) in [6.07, 6.45) is 8.33. The van der Waals surface area contributed by atoms with E-state index in [4.69, 9.17) is 6.42 Å². The van der Waals surface area contributed by atoms with E-state index in [1.54, 1.807) is 6.20 Å². The minimum atomic E-state index is -0.322. The number of amides is 1. The Morgan fingerprint density at radius 3 is 2.82 bits per heavy atom. The number of pyridine rings is 1. The van der Waals surface area contributed by atoms with Crippen LogP contribution in [0, 0.1) is 12.3 Å². The molecule has 9 nitrogen and oxygen atoms in total. The highest BCUT2D eigenvalue weighted by Crippen LogP contribution is 2.27. The highest BCUT2D eigenvalue weighted by molar-refractivity contribution is 5.87. The van der Waals surface area contributed by atoms with Crippen LogP contribution < -0.4 is 21.1 Å². The van der Waals surface area contributed by atoms with E-state index in [1.165, 1.54) is 12.1 Å². The highest BCUT2D eigenvalue weighted by atomic mass is 16.1. The lowest BCUT2D eigenvalue weighted by molar-refractivity contribution is -0.116. The fourth-order valence-corrected chi connectivity index (χ4v) is 3.76. The second-order valence-electron chi connectivity index (χ2n) is 7.83. The Hall–Kier alpha value is -4.16. The third kappa shape index (κ3) is 5.02. The average molecular weight is 444 g/mol. The predicted octanol–water partition coefficient (Wildman–Crippen LogP) is 1.60. The van der Waals surface area contributed by atoms with Gasteiger partial charge in [-0.15, -0.1) is 6.42 Å². The number of anilines is 3. The Morgan fingerprint density at radius 1 is 1.30 bits per heavy atom. The van der Waals surface area contributed by atoms with E-state index >= 15 is 0 Å². The predicted molar refractivity (Wildman–Crippen MR) is 130 cm³/mol. The molecule has 0 spiro atoms. The number of hydrogen-bond donors (Lipinski definition) is 3. The number of aromatic amines is 1. The van der Waals surface area contributed by atoms with Crippen molar-refractivity contribution < 1.29 is 4.79 Å². The van der Waals surface area contributed by atoms with E-state index in [0.717, 1.165) is 43.1 Å². The Bertz CT molecular complexity index is 1300. The van der Waals surface area contributed by atoms with Gasteiger partial charge in [-0.1, -0.05) is 12.5 Å². The second-order valence-corrected chi connectivity index (χ2v) is 7.83. The van der Waals surface area contributed by atoms with Gasteiger partial charge >= 0.3 is 0 Å². The molecule has 0 atom stereocenters. The number of aromatic nitrogens is 3. The molecule has 1 saturated heterocycles. The maximum Gasteiger partial charge on any atom is 0.250 e. The molecule has 1 aliphatic heterocycles. The molecule has 33 heavy (non-hydrogen) atoms. The number of rotatable bonds is 6. The van der Waals surface area contributed by atoms with E-state index in [2.05, 4.69) is 54.9 Å². The zero-order chi connectivity index (χ0) is 23.4. The Balaban J connectivity index is 1.63. The maximum atomic E-state index is 11.9. The summed E-state index contributed by atoms with van der Waals surface area (Å²) in [5, 5.41) is 6.63. The molecule has 2 aromatic heterocycles. The van der Waals surface area contributed by atoms with Gasteiger partial charge in [-0.3, -0.25) is 9.59 Å². The number of benzene rings is 1. The first-order valence-corrected chi connectivity index (χ1v) is 10.6. The van der Waals surface area contributed by atoms with Crippen molar-refractivity contribution >= 4 is 34.3 Å². The molecule has 1 aromatic carbocycles. The van der Waals surface area contributed by atoms with Gasteiger partial charge in [0.05, 0.1) is 5.39 Å². The van der Waals surface area contributed by atoms with Gasteiger partial charge in [-0.25, -0.2) is 4.98 Å². The smallest absolute Gasteiger partial charge is 0.250 e. The molecule has 4 rings (SSSR count). The van der Waals surface area contributed by atoms with Crippen LogP contribution >= 0.6 is 0 Å². The number of nitrogens with one attached hydrogen (secondary N) is 3. The number of carbonyl (C=O) groups excluding carboxylic acids is 1. The highest BCUT2D eigenvalue weighted by Gasteiger charge is 2.18. The van der Waals surface area contributed by atoms with Crippen LogP contribution in [-0.4, -0.2) is 59.0 Å². The first-order chi connectivity index (χ1) is 16.0. The third-order valence-electron chi connectivity index (χ3n) is 5.57. The summed E-state index contributed by atoms with van der Waals surface area (Å²) in [5.74, 6) is 2.57. The van der Waals surface area contributed by atoms with Crippen LogP contribution in [-0.2, 0) is 11.3 Å². The fraction of sp³-hybridized carbons (Fsp3) is 0.250. The van der Waals surface area contributed by atoms with Gasteiger partial charge in [-0.05, 0) is 36.9 Å². The number of likely N-dealkylation sites (N-methyl/N-ethyl adjacent to an activating group) is 1. The third-order valence-corrected chi connectivity index (χ3v) is 5.57. The van der Waals surface area contributed by atoms with Crippen LogP contribution in [0.25, 0.3) is 11.0 Å². The number of fused-ring (bicyclic) bond motifs is 1. The van der Waals surface area contributed by atoms with Crippen LogP contribution in [0.3, 0.4) is 0 Å². The zero-order valence-corrected chi connectivity index (χ0v) is 18.4. The van der Waals surface area contributed by atoms with Crippen molar-refractivity contribution in [3.05, 3.63) is 64.6 Å². The Kier molecular flexibility index (Phi) is 6.38. The van der Waals surface area contributed by atoms with E-state index < -0.39 is 0 Å². The number of H-pyrrole nitrogens is 1. The molecular formula is C24H25N7O2. The fourth-order valence-electron chi connectivity index (χ4n) is 3.76. The molecule has 1 amide bonds. The monoisotopic (exact) mass is 443 g/mol. The number of piperazine rings is 1. The molecule has 168 valence electrons. The van der Waals surface area contributed by atoms with E-state index in [1.807, 2.05) is 18.2 Å². The van der Waals surface area contributed by atoms with Crippen LogP contribution in [0.2, 0.25) is 0 Å². The van der Waals surface area contributed by atoms with E-state index in [9.17, 15) is 9.59 Å². The lowest BCUT2D eigenvalue weighted by atomic mass is 10.1. The SMILES string of the molecule is C#Cc1cc(=O)[nH]c2nc(Nc3ccc(N4CCN(C)CC4)c(CNC(=O)C=C)c3)ncc12. The topological polar surface area (TPSA) is 106 Å². The largest absolute Gasteiger partial charge is 0.369 e. The second kappa shape index (κ2) is 9.54. The van der Waals surface area contributed by atoms with Crippen LogP contribution in [0.15, 0.2) is 47.9 Å². The van der Waals surface area contributed by atoms with Crippen LogP contribution in [0.5, 0.6) is 0 Å². The van der Waals surface area contributed by atoms with Gasteiger partial charge < -0.3 is 25.4 Å². The van der Waals surface area contributed by atoms with Crippen LogP contribution in [0.4, 0.5) is 17.3 Å². The standard InChI is InChI=1S/C24H25N7O2/c1-4-16-13-22(33)28-23-19(16)15-26-24(29-23)27-18-6-7-20(31-10-8-30(3)9-11-31)17(12-18)14-25-21(32)5-2/h1,5-7,12-13,15H,2,8-11,14H2,3H3,(H,25,32)(H2,26,27,28,29,33). The van der Waals surface area contributed by atoms with Gasteiger partial charge in [0, 0.05) is 61.9 Å². The van der Waals surface area contributed by atoms with Crippen molar-refractivity contribution in [1.82, 2.24) is 25.2 Å². The summed E-state index contributed by atoms with van der Waals surface area (Å²) in [4.78, 5) is 39.7. The van der Waals surface area contributed by atoms with Crippen molar-refractivity contribution in [3.8, 4) is 12.3 Å². The molecule has 3 aromatic rings. The minimum Gasteiger partial charge on any atom is -0.369 e. The first kappa shape index (κ1) is 22.0. The molecule has 0 saturated carbocycles. The molecule has 9 heteroatoms. The van der Waals surface area contributed by atoms with Gasteiger partial charge in [0.1, 0.15) is 5.65 Å². The molecule has 0 radical (unpaired) electrons. The molecule has 3 heterocycles. The molecule has 0 bridgehead atoms. The number of hydrogen-bond acceptors (Lipinski definition) is 7. The molecule has 1 fully saturated rings. The van der Waals surface area contributed by atoms with Crippen molar-refractivity contribution in [3.63, 3.8) is 0 Å². The van der Waals surface area contributed by atoms with Crippen molar-refractivity contribution in [1.29, 1.82) is 0 Å². The van der Waals surface area contributed by atoms with Crippen molar-refractivity contribution in [2.45, 2.75) is 6.54 Å². The van der Waals surface area contributed by atoms with Crippen molar-refractivity contribution in [2.24, 2.45) is 0 Å². The van der Waals surface area contributed by atoms with Gasteiger partial charge in [0.15, 0.2) is 0 Å². The van der Waals surface area contributed by atoms with E-state index in [0.29, 0.717) is 29.1 Å². The van der Waals surface area contributed by atoms with Crippen molar-refractivity contribution in [2.75, 3.05) is 43.4 Å². The Labute approximate surface area is 191 Å². The molecular weight excluding hydrogens is 418 g/mol. The summed E-state index contributed by atoms with van der Waals surface area (Å²) in [6.45, 7) is 7.64. The molecule has 3 N–H and O–H groups in total. The number of terminal acetylenes is 1. The minimum absolute atomic E-state index is 0.233. The lowest BCUT2D eigenvalue weighted by Crippen LogP contribution is -2.45. The average Bonchev–Trinajstić information content (AvgIpc) is 2.82. The Morgan fingerprint density at radius 2 is 2.09 bits per heavy atom. The summed E-state index contributed by atoms with van der Waals surface area (Å²) >= 11 is 0. The summed E-state index contributed by atoms with van der Waals surface area (Å²) in [6, 6.07) is 7.29. The first-order valence-electron chi connectivity index (χ1n) is 10.6.